The van der Waals surface area contributed by atoms with Gasteiger partial charge in [-0.05, 0) is 66.8 Å². The van der Waals surface area contributed by atoms with Gasteiger partial charge in [0.2, 0.25) is 6.79 Å². The fourth-order valence-electron chi connectivity index (χ4n) is 4.50. The van der Waals surface area contributed by atoms with Gasteiger partial charge in [0.25, 0.3) is 0 Å². The molecule has 1 N–H and O–H groups in total. The molecule has 0 radical (unpaired) electrons. The Bertz CT molecular complexity index is 1390. The third kappa shape index (κ3) is 3.57. The first kappa shape index (κ1) is 21.3. The predicted octanol–water partition coefficient (Wildman–Crippen LogP) is 6.08. The van der Waals surface area contributed by atoms with Crippen molar-refractivity contribution in [3.63, 3.8) is 0 Å². The lowest BCUT2D eigenvalue weighted by molar-refractivity contribution is 0.174. The topological polar surface area (TPSA) is 51.6 Å². The fraction of sp³-hybridized carbons (Fsp3) is 0.120. The Kier molecular flexibility index (Phi) is 5.32. The number of pyridine rings is 1. The van der Waals surface area contributed by atoms with Crippen LogP contribution in [0.2, 0.25) is 10.0 Å². The Morgan fingerprint density at radius 2 is 1.85 bits per heavy atom. The van der Waals surface area contributed by atoms with Gasteiger partial charge in [0.1, 0.15) is 6.04 Å². The molecule has 0 saturated carbocycles. The van der Waals surface area contributed by atoms with Gasteiger partial charge in [-0.25, -0.2) is 0 Å². The molecule has 1 fully saturated rings. The number of fused-ring (bicyclic) bond motifs is 1. The summed E-state index contributed by atoms with van der Waals surface area (Å²) in [6.45, 7) is 0.208. The van der Waals surface area contributed by atoms with E-state index in [4.69, 9.17) is 44.9 Å². The summed E-state index contributed by atoms with van der Waals surface area (Å²) in [7, 11) is 0. The van der Waals surface area contributed by atoms with Gasteiger partial charge < -0.3 is 24.3 Å². The van der Waals surface area contributed by atoms with Gasteiger partial charge >= 0.3 is 0 Å². The van der Waals surface area contributed by atoms with Crippen LogP contribution in [0.3, 0.4) is 0 Å². The minimum Gasteiger partial charge on any atom is -0.454 e. The van der Waals surface area contributed by atoms with Gasteiger partial charge in [0.05, 0.1) is 22.4 Å². The van der Waals surface area contributed by atoms with Gasteiger partial charge in [0.15, 0.2) is 16.6 Å². The van der Waals surface area contributed by atoms with Crippen LogP contribution in [0.4, 0.5) is 5.69 Å². The second-order valence-corrected chi connectivity index (χ2v) is 9.16. The second kappa shape index (κ2) is 8.51. The monoisotopic (exact) mass is 508 g/mol. The Hall–Kier alpha value is -3.26. The minimum absolute atomic E-state index is 0.196. The van der Waals surface area contributed by atoms with Crippen LogP contribution in [0.1, 0.15) is 23.5 Å². The van der Waals surface area contributed by atoms with E-state index in [1.165, 1.54) is 0 Å². The van der Waals surface area contributed by atoms with E-state index < -0.39 is 0 Å². The van der Waals surface area contributed by atoms with E-state index in [1.54, 1.807) is 12.3 Å². The Morgan fingerprint density at radius 1 is 0.971 bits per heavy atom. The molecule has 1 saturated heterocycles. The molecule has 0 bridgehead atoms. The van der Waals surface area contributed by atoms with E-state index in [0.29, 0.717) is 20.9 Å². The number of aromatic nitrogens is 2. The van der Waals surface area contributed by atoms with E-state index in [0.717, 1.165) is 28.5 Å². The summed E-state index contributed by atoms with van der Waals surface area (Å²) in [5, 5.41) is 5.22. The molecule has 4 aromatic rings. The van der Waals surface area contributed by atoms with Crippen LogP contribution in [-0.2, 0) is 0 Å². The molecule has 2 atom stereocenters. The molecule has 0 spiro atoms. The highest BCUT2D eigenvalue weighted by Crippen LogP contribution is 2.45. The maximum absolute atomic E-state index is 6.60. The van der Waals surface area contributed by atoms with Crippen molar-refractivity contribution in [3.8, 4) is 17.2 Å². The lowest BCUT2D eigenvalue weighted by atomic mass is 10.0. The zero-order chi connectivity index (χ0) is 23.2. The Labute approximate surface area is 211 Å². The van der Waals surface area contributed by atoms with Crippen LogP contribution in [0.5, 0.6) is 11.5 Å². The average Bonchev–Trinajstić information content (AvgIpc) is 3.57. The highest BCUT2D eigenvalue weighted by molar-refractivity contribution is 7.80. The SMILES string of the molecule is S=C1N[C@@H](c2ccccn2)[C@H](c2cccn2-c2ccc(Cl)cc2Cl)N1c1ccc2c(c1)OCO2. The zero-order valence-corrected chi connectivity index (χ0v) is 20.0. The van der Waals surface area contributed by atoms with Crippen molar-refractivity contribution < 1.29 is 9.47 Å². The van der Waals surface area contributed by atoms with Crippen molar-refractivity contribution >= 4 is 46.2 Å². The third-order valence-corrected chi connectivity index (χ3v) is 6.84. The van der Waals surface area contributed by atoms with Crippen LogP contribution < -0.4 is 19.7 Å². The van der Waals surface area contributed by atoms with Gasteiger partial charge in [0, 0.05) is 34.9 Å². The molecule has 2 aromatic heterocycles. The number of hydrogen-bond acceptors (Lipinski definition) is 4. The van der Waals surface area contributed by atoms with Crippen LogP contribution in [0, 0.1) is 0 Å². The summed E-state index contributed by atoms with van der Waals surface area (Å²) in [5.74, 6) is 1.41. The van der Waals surface area contributed by atoms with E-state index in [2.05, 4.69) is 25.8 Å². The molecule has 34 heavy (non-hydrogen) atoms. The van der Waals surface area contributed by atoms with Gasteiger partial charge in [-0.15, -0.1) is 0 Å². The first-order valence-electron chi connectivity index (χ1n) is 10.6. The summed E-state index contributed by atoms with van der Waals surface area (Å²) in [6.07, 6.45) is 3.77. The molecule has 170 valence electrons. The number of benzene rings is 2. The van der Waals surface area contributed by atoms with Crippen molar-refractivity contribution in [1.82, 2.24) is 14.9 Å². The highest BCUT2D eigenvalue weighted by Gasteiger charge is 2.42. The summed E-state index contributed by atoms with van der Waals surface area (Å²) in [6, 6.07) is 20.8. The molecule has 4 heterocycles. The number of anilines is 1. The van der Waals surface area contributed by atoms with E-state index >= 15 is 0 Å². The number of nitrogens with zero attached hydrogens (tertiary/aromatic N) is 3. The van der Waals surface area contributed by atoms with Crippen LogP contribution in [0.15, 0.2) is 79.1 Å². The number of thiocarbonyl (C=S) groups is 1. The van der Waals surface area contributed by atoms with Crippen LogP contribution >= 0.6 is 35.4 Å². The Morgan fingerprint density at radius 3 is 2.68 bits per heavy atom. The summed E-state index contributed by atoms with van der Waals surface area (Å²) < 4.78 is 13.2. The molecular weight excluding hydrogens is 491 g/mol. The number of nitrogens with one attached hydrogen (secondary N) is 1. The van der Waals surface area contributed by atoms with Crippen molar-refractivity contribution in [1.29, 1.82) is 0 Å². The number of halogens is 2. The maximum Gasteiger partial charge on any atom is 0.231 e. The number of hydrogen-bond donors (Lipinski definition) is 1. The highest BCUT2D eigenvalue weighted by atomic mass is 35.5. The quantitative estimate of drug-likeness (QED) is 0.337. The first-order valence-corrected chi connectivity index (χ1v) is 11.8. The number of ether oxygens (including phenoxy) is 2. The lowest BCUT2D eigenvalue weighted by Gasteiger charge is -2.29. The van der Waals surface area contributed by atoms with Gasteiger partial charge in [-0.2, -0.15) is 0 Å². The summed E-state index contributed by atoms with van der Waals surface area (Å²) in [4.78, 5) is 6.72. The molecule has 2 aliphatic heterocycles. The first-order chi connectivity index (χ1) is 16.6. The molecule has 6 nitrogen and oxygen atoms in total. The molecule has 0 aliphatic carbocycles. The molecule has 2 aliphatic rings. The van der Waals surface area contributed by atoms with Crippen molar-refractivity contribution in [2.75, 3.05) is 11.7 Å². The summed E-state index contributed by atoms with van der Waals surface area (Å²) in [5.41, 5.74) is 3.59. The average molecular weight is 509 g/mol. The van der Waals surface area contributed by atoms with Crippen molar-refractivity contribution in [2.24, 2.45) is 0 Å². The molecule has 0 unspecified atom stereocenters. The van der Waals surface area contributed by atoms with E-state index in [1.807, 2.05) is 60.8 Å². The Balaban J connectivity index is 1.51. The third-order valence-electron chi connectivity index (χ3n) is 5.99. The second-order valence-electron chi connectivity index (χ2n) is 7.93. The largest absolute Gasteiger partial charge is 0.454 e. The van der Waals surface area contributed by atoms with Crippen molar-refractivity contribution in [2.45, 2.75) is 12.1 Å². The number of rotatable bonds is 4. The smallest absolute Gasteiger partial charge is 0.231 e. The van der Waals surface area contributed by atoms with Crippen LogP contribution in [-0.4, -0.2) is 21.5 Å². The zero-order valence-electron chi connectivity index (χ0n) is 17.7. The van der Waals surface area contributed by atoms with Crippen molar-refractivity contribution in [3.05, 3.63) is 101 Å². The molecule has 2 aromatic carbocycles. The fourth-order valence-corrected chi connectivity index (χ4v) is 5.35. The summed E-state index contributed by atoms with van der Waals surface area (Å²) >= 11 is 18.6. The molecular formula is C25H18Cl2N4O2S. The molecule has 6 rings (SSSR count). The minimum atomic E-state index is -0.218. The van der Waals surface area contributed by atoms with Gasteiger partial charge in [-0.1, -0.05) is 29.3 Å². The predicted molar refractivity (Wildman–Crippen MR) is 136 cm³/mol. The molecule has 0 amide bonds. The standard InChI is InChI=1S/C25H18Cl2N4O2S/c26-15-6-8-19(17(27)12-15)30-11-3-5-20(30)24-23(18-4-1-2-10-28-18)29-25(34)31(24)16-7-9-21-22(13-16)33-14-32-21/h1-13,23-24H,14H2,(H,29,34)/t23-,24-/m0/s1. The lowest BCUT2D eigenvalue weighted by Crippen LogP contribution is -2.30. The van der Waals surface area contributed by atoms with E-state index in [9.17, 15) is 0 Å². The van der Waals surface area contributed by atoms with E-state index in [-0.39, 0.29) is 18.9 Å². The maximum atomic E-state index is 6.60. The molecule has 9 heteroatoms. The normalized spacial score (nSPS) is 18.9. The van der Waals surface area contributed by atoms with Crippen LogP contribution in [0.25, 0.3) is 5.69 Å². The van der Waals surface area contributed by atoms with Gasteiger partial charge in [-0.3, -0.25) is 4.98 Å².